The number of nitrogens with one attached hydrogen (secondary N) is 1. The van der Waals surface area contributed by atoms with Gasteiger partial charge in [0.1, 0.15) is 17.1 Å². The summed E-state index contributed by atoms with van der Waals surface area (Å²) < 4.78 is 61.9. The van der Waals surface area contributed by atoms with Crippen LogP contribution in [0.25, 0.3) is 0 Å². The molecule has 1 aromatic carbocycles. The Labute approximate surface area is 230 Å². The molecule has 0 aliphatic carbocycles. The monoisotopic (exact) mass is 591 g/mol. The van der Waals surface area contributed by atoms with E-state index in [0.717, 1.165) is 17.1 Å². The molecule has 0 bridgehead atoms. The maximum Gasteiger partial charge on any atom is 0.435 e. The molecule has 2 amide bonds. The van der Waals surface area contributed by atoms with Crippen LogP contribution in [-0.4, -0.2) is 51.6 Å². The second kappa shape index (κ2) is 10.0. The topological polar surface area (TPSA) is 96.4 Å². The number of nitrogens with zero attached hydrogens (tertiary/aromatic N) is 4. The van der Waals surface area contributed by atoms with Gasteiger partial charge in [-0.15, -0.1) is 0 Å². The van der Waals surface area contributed by atoms with Crippen molar-refractivity contribution in [2.24, 2.45) is 5.16 Å². The number of halogens is 6. The van der Waals surface area contributed by atoms with Gasteiger partial charge in [0.05, 0.1) is 16.5 Å². The van der Waals surface area contributed by atoms with Crippen molar-refractivity contribution in [2.75, 3.05) is 7.05 Å². The highest BCUT2D eigenvalue weighted by Crippen LogP contribution is 2.50. The fraction of sp³-hybridized carbons (Fsp3) is 0.417. The van der Waals surface area contributed by atoms with Gasteiger partial charge in [-0.05, 0) is 50.1 Å². The smallest absolute Gasteiger partial charge is 0.435 e. The van der Waals surface area contributed by atoms with Gasteiger partial charge in [-0.3, -0.25) is 15.2 Å². The molecule has 1 atom stereocenters. The highest BCUT2D eigenvalue weighted by atomic mass is 35.5. The third kappa shape index (κ3) is 5.69. The summed E-state index contributed by atoms with van der Waals surface area (Å²) >= 11 is 11.5. The first kappa shape index (κ1) is 28.7. The van der Waals surface area contributed by atoms with Crippen molar-refractivity contribution in [1.82, 2.24) is 20.3 Å². The number of amides is 2. The predicted molar refractivity (Wildman–Crippen MR) is 132 cm³/mol. The van der Waals surface area contributed by atoms with Gasteiger partial charge in [0.2, 0.25) is 0 Å². The van der Waals surface area contributed by atoms with Crippen molar-refractivity contribution >= 4 is 41.0 Å². The number of benzene rings is 1. The van der Waals surface area contributed by atoms with Gasteiger partial charge in [0.15, 0.2) is 5.82 Å². The molecule has 210 valence electrons. The van der Waals surface area contributed by atoms with Gasteiger partial charge >= 0.3 is 12.3 Å². The lowest BCUT2D eigenvalue weighted by Gasteiger charge is -2.30. The summed E-state index contributed by atoms with van der Waals surface area (Å²) in [7, 11) is 1.31. The second-order valence-corrected chi connectivity index (χ2v) is 10.8. The van der Waals surface area contributed by atoms with Crippen molar-refractivity contribution in [2.45, 2.75) is 57.7 Å². The number of aromatic nitrogens is 1. The SMILES string of the molecule is CN(NC(=O)c1cc2c(cn1)CN(C1=NOC(c3cc(Cl)c(F)c(Cl)c3)(C(F)(F)F)C1)C2)C(=O)OC(C)(C)C. The molecule has 0 radical (unpaired) electrons. The van der Waals surface area contributed by atoms with Crippen LogP contribution in [0.4, 0.5) is 22.4 Å². The molecular weight excluding hydrogens is 569 g/mol. The standard InChI is InChI=1S/C24H23Cl2F4N5O4/c1-22(2,3)38-21(37)34(4)32-20(36)17-5-12-10-35(11-13(12)9-31-17)18-8-23(39-33-18,24(28,29)30)14-6-15(25)19(27)16(26)7-14/h5-7,9H,8,10-11H2,1-4H3,(H,32,36). The van der Waals surface area contributed by atoms with Crippen LogP contribution < -0.4 is 5.43 Å². The zero-order chi connectivity index (χ0) is 28.9. The molecule has 2 aromatic rings. The molecule has 3 heterocycles. The Kier molecular flexibility index (Phi) is 7.36. The maximum atomic E-state index is 14.3. The molecule has 2 aliphatic heterocycles. The van der Waals surface area contributed by atoms with E-state index >= 15 is 0 Å². The molecule has 0 saturated carbocycles. The number of carbonyl (C=O) groups excluding carboxylic acids is 2. The van der Waals surface area contributed by atoms with Crippen molar-refractivity contribution in [1.29, 1.82) is 0 Å². The Balaban J connectivity index is 1.49. The number of hydrogen-bond acceptors (Lipinski definition) is 7. The average molecular weight is 592 g/mol. The maximum absolute atomic E-state index is 14.3. The van der Waals surface area contributed by atoms with Crippen LogP contribution in [-0.2, 0) is 28.3 Å². The summed E-state index contributed by atoms with van der Waals surface area (Å²) in [6, 6.07) is 3.10. The van der Waals surface area contributed by atoms with Crippen molar-refractivity contribution in [3.63, 3.8) is 0 Å². The predicted octanol–water partition coefficient (Wildman–Crippen LogP) is 5.55. The van der Waals surface area contributed by atoms with Crippen molar-refractivity contribution < 1.29 is 36.7 Å². The number of carbonyl (C=O) groups is 2. The lowest BCUT2D eigenvalue weighted by atomic mass is 9.89. The summed E-state index contributed by atoms with van der Waals surface area (Å²) in [6.45, 7) is 5.30. The number of oxime groups is 1. The van der Waals surface area contributed by atoms with E-state index in [1.165, 1.54) is 19.3 Å². The number of alkyl halides is 3. The third-order valence-corrected chi connectivity index (χ3v) is 6.51. The highest BCUT2D eigenvalue weighted by Gasteiger charge is 2.63. The zero-order valence-electron chi connectivity index (χ0n) is 21.1. The van der Waals surface area contributed by atoms with E-state index in [1.54, 1.807) is 25.7 Å². The number of pyridine rings is 1. The highest BCUT2D eigenvalue weighted by molar-refractivity contribution is 6.35. The molecule has 9 nitrogen and oxygen atoms in total. The van der Waals surface area contributed by atoms with Gasteiger partial charge in [-0.2, -0.15) is 13.2 Å². The number of hydrogen-bond donors (Lipinski definition) is 1. The van der Waals surface area contributed by atoms with E-state index in [0.29, 0.717) is 11.1 Å². The minimum Gasteiger partial charge on any atom is -0.442 e. The molecule has 0 saturated heterocycles. The van der Waals surface area contributed by atoms with Gasteiger partial charge < -0.3 is 14.5 Å². The first-order valence-electron chi connectivity index (χ1n) is 11.5. The Morgan fingerprint density at radius 2 is 1.74 bits per heavy atom. The molecule has 1 aromatic heterocycles. The van der Waals surface area contributed by atoms with E-state index in [1.807, 2.05) is 0 Å². The van der Waals surface area contributed by atoms with E-state index in [9.17, 15) is 27.2 Å². The van der Waals surface area contributed by atoms with Gasteiger partial charge in [0, 0.05) is 31.9 Å². The quantitative estimate of drug-likeness (QED) is 0.279. The van der Waals surface area contributed by atoms with Crippen LogP contribution >= 0.6 is 23.2 Å². The normalized spacial score (nSPS) is 18.8. The van der Waals surface area contributed by atoms with Crippen LogP contribution in [0.3, 0.4) is 0 Å². The minimum absolute atomic E-state index is 0.0177. The fourth-order valence-electron chi connectivity index (χ4n) is 4.02. The van der Waals surface area contributed by atoms with E-state index < -0.39 is 57.2 Å². The molecule has 1 unspecified atom stereocenters. The van der Waals surface area contributed by atoms with Crippen LogP contribution in [0, 0.1) is 5.82 Å². The number of fused-ring (bicyclic) bond motifs is 1. The Hall–Kier alpha value is -3.32. The molecular formula is C24H23Cl2F4N5O4. The van der Waals surface area contributed by atoms with E-state index in [4.69, 9.17) is 32.8 Å². The van der Waals surface area contributed by atoms with Gasteiger partial charge in [0.25, 0.3) is 11.5 Å². The van der Waals surface area contributed by atoms with Gasteiger partial charge in [-0.25, -0.2) is 14.2 Å². The summed E-state index contributed by atoms with van der Waals surface area (Å²) in [6.07, 6.45) is -5.02. The first-order valence-corrected chi connectivity index (χ1v) is 12.2. The average Bonchev–Trinajstić information content (AvgIpc) is 3.45. The summed E-state index contributed by atoms with van der Waals surface area (Å²) in [4.78, 5) is 35.4. The minimum atomic E-state index is -4.94. The zero-order valence-corrected chi connectivity index (χ0v) is 22.6. The summed E-state index contributed by atoms with van der Waals surface area (Å²) in [5, 5.41) is 3.42. The van der Waals surface area contributed by atoms with Crippen molar-refractivity contribution in [3.8, 4) is 0 Å². The number of rotatable bonds is 2. The lowest BCUT2D eigenvalue weighted by Crippen LogP contribution is -2.45. The summed E-state index contributed by atoms with van der Waals surface area (Å²) in [5.41, 5.74) is -0.556. The first-order chi connectivity index (χ1) is 18.0. The molecule has 0 fully saturated rings. The van der Waals surface area contributed by atoms with Gasteiger partial charge in [-0.1, -0.05) is 28.4 Å². The van der Waals surface area contributed by atoms with Crippen LogP contribution in [0.5, 0.6) is 0 Å². The van der Waals surface area contributed by atoms with Crippen LogP contribution in [0.1, 0.15) is 54.4 Å². The molecule has 0 spiro atoms. The Morgan fingerprint density at radius 3 is 2.33 bits per heavy atom. The Bertz CT molecular complexity index is 1340. The molecule has 1 N–H and O–H groups in total. The van der Waals surface area contributed by atoms with E-state index in [-0.39, 0.29) is 24.6 Å². The number of ether oxygens (including phenoxy) is 1. The largest absolute Gasteiger partial charge is 0.442 e. The second-order valence-electron chi connectivity index (χ2n) is 10.0. The lowest BCUT2D eigenvalue weighted by molar-refractivity contribution is -0.275. The number of amidine groups is 1. The molecule has 4 rings (SSSR count). The Morgan fingerprint density at radius 1 is 1.13 bits per heavy atom. The van der Waals surface area contributed by atoms with Crippen LogP contribution in [0.2, 0.25) is 10.0 Å². The van der Waals surface area contributed by atoms with Crippen LogP contribution in [0.15, 0.2) is 29.6 Å². The number of hydrazine groups is 1. The molecule has 15 heteroatoms. The third-order valence-electron chi connectivity index (χ3n) is 5.96. The molecule has 2 aliphatic rings. The van der Waals surface area contributed by atoms with E-state index in [2.05, 4.69) is 15.6 Å². The fourth-order valence-corrected chi connectivity index (χ4v) is 4.51. The van der Waals surface area contributed by atoms with Crippen molar-refractivity contribution in [3.05, 3.63) is 62.6 Å². The summed E-state index contributed by atoms with van der Waals surface area (Å²) in [5.74, 6) is -1.75. The molecule has 39 heavy (non-hydrogen) atoms.